The Morgan fingerprint density at radius 3 is 2.41 bits per heavy atom. The van der Waals surface area contributed by atoms with Gasteiger partial charge >= 0.3 is 6.09 Å². The summed E-state index contributed by atoms with van der Waals surface area (Å²) in [6, 6.07) is 14.6. The first-order valence-electron chi connectivity index (χ1n) is 13.4. The molecule has 4 rings (SSSR count). The van der Waals surface area contributed by atoms with Gasteiger partial charge in [-0.15, -0.1) is 0 Å². The maximum absolute atomic E-state index is 13.5. The van der Waals surface area contributed by atoms with E-state index in [0.717, 1.165) is 12.0 Å². The van der Waals surface area contributed by atoms with Crippen LogP contribution in [0.15, 0.2) is 59.5 Å². The Bertz CT molecular complexity index is 1180. The Kier molecular flexibility index (Phi) is 9.84. The summed E-state index contributed by atoms with van der Waals surface area (Å²) in [5.74, 6) is -0.0325. The molecule has 39 heavy (non-hydrogen) atoms. The number of hydrogen-bond acceptors (Lipinski definition) is 8. The maximum atomic E-state index is 13.5. The van der Waals surface area contributed by atoms with E-state index in [1.54, 1.807) is 0 Å². The van der Waals surface area contributed by atoms with Crippen molar-refractivity contribution in [2.45, 2.75) is 62.5 Å². The van der Waals surface area contributed by atoms with Crippen molar-refractivity contribution < 1.29 is 32.5 Å². The van der Waals surface area contributed by atoms with Gasteiger partial charge in [0.2, 0.25) is 10.0 Å². The van der Waals surface area contributed by atoms with Crippen LogP contribution in [0, 0.1) is 11.8 Å². The number of aliphatic hydroxyl groups excluding tert-OH is 1. The van der Waals surface area contributed by atoms with E-state index >= 15 is 0 Å². The molecule has 1 amide bonds. The molecule has 2 aliphatic heterocycles. The first kappa shape index (κ1) is 29.3. The highest BCUT2D eigenvalue weighted by molar-refractivity contribution is 7.89. The molecule has 0 saturated carbocycles. The number of nitrogens with zero attached hydrogens (tertiary/aromatic N) is 1. The van der Waals surface area contributed by atoms with Gasteiger partial charge in [0, 0.05) is 31.1 Å². The van der Waals surface area contributed by atoms with E-state index in [2.05, 4.69) is 5.32 Å². The number of amides is 1. The molecule has 0 radical (unpaired) electrons. The monoisotopic (exact) mass is 561 g/mol. The molecule has 2 aromatic carbocycles. The summed E-state index contributed by atoms with van der Waals surface area (Å²) in [4.78, 5) is 13.1. The minimum atomic E-state index is -3.93. The van der Waals surface area contributed by atoms with Crippen molar-refractivity contribution >= 4 is 21.8 Å². The summed E-state index contributed by atoms with van der Waals surface area (Å²) in [6.45, 7) is 4.78. The summed E-state index contributed by atoms with van der Waals surface area (Å²) >= 11 is 0. The first-order valence-corrected chi connectivity index (χ1v) is 14.9. The Balaban J connectivity index is 1.51. The van der Waals surface area contributed by atoms with Gasteiger partial charge in [-0.2, -0.15) is 4.31 Å². The van der Waals surface area contributed by atoms with Gasteiger partial charge in [0.1, 0.15) is 6.10 Å². The molecule has 4 N–H and O–H groups in total. The van der Waals surface area contributed by atoms with E-state index in [0.29, 0.717) is 25.3 Å². The molecule has 5 atom stereocenters. The van der Waals surface area contributed by atoms with Gasteiger partial charge in [-0.3, -0.25) is 0 Å². The van der Waals surface area contributed by atoms with Gasteiger partial charge in [0.15, 0.2) is 6.29 Å². The van der Waals surface area contributed by atoms with Crippen LogP contribution in [0.2, 0.25) is 0 Å². The van der Waals surface area contributed by atoms with Gasteiger partial charge in [-0.25, -0.2) is 13.2 Å². The third kappa shape index (κ3) is 7.70. The van der Waals surface area contributed by atoms with E-state index in [4.69, 9.17) is 19.9 Å². The Labute approximate surface area is 230 Å². The molecule has 0 aliphatic carbocycles. The van der Waals surface area contributed by atoms with Crippen LogP contribution >= 0.6 is 0 Å². The second-order valence-corrected chi connectivity index (χ2v) is 12.5. The van der Waals surface area contributed by atoms with Crippen LogP contribution in [0.25, 0.3) is 0 Å². The van der Waals surface area contributed by atoms with Gasteiger partial charge in [-0.05, 0) is 48.6 Å². The second kappa shape index (κ2) is 13.1. The fraction of sp³-hybridized carbons (Fsp3) is 0.536. The number of carbonyl (C=O) groups excluding carboxylic acids is 1. The summed E-state index contributed by atoms with van der Waals surface area (Å²) in [7, 11) is -3.93. The van der Waals surface area contributed by atoms with Crippen LogP contribution in [0.3, 0.4) is 0 Å². The highest BCUT2D eigenvalue weighted by atomic mass is 32.2. The molecule has 2 aromatic rings. The first-order chi connectivity index (χ1) is 18.6. The molecule has 10 nitrogen and oxygen atoms in total. The maximum Gasteiger partial charge on any atom is 0.407 e. The average Bonchev–Trinajstić information content (AvgIpc) is 3.38. The lowest BCUT2D eigenvalue weighted by Crippen LogP contribution is -2.52. The predicted molar refractivity (Wildman–Crippen MR) is 146 cm³/mol. The molecule has 2 saturated heterocycles. The van der Waals surface area contributed by atoms with E-state index in [1.807, 2.05) is 44.2 Å². The number of benzene rings is 2. The van der Waals surface area contributed by atoms with Crippen molar-refractivity contribution in [3.8, 4) is 0 Å². The van der Waals surface area contributed by atoms with Crippen molar-refractivity contribution in [2.75, 3.05) is 32.0 Å². The van der Waals surface area contributed by atoms with E-state index in [-0.39, 0.29) is 48.6 Å². The van der Waals surface area contributed by atoms with Crippen molar-refractivity contribution in [1.29, 1.82) is 0 Å². The number of carbonyl (C=O) groups is 1. The summed E-state index contributed by atoms with van der Waals surface area (Å²) < 4.78 is 45.3. The zero-order valence-electron chi connectivity index (χ0n) is 22.4. The highest BCUT2D eigenvalue weighted by Crippen LogP contribution is 2.32. The fourth-order valence-electron chi connectivity index (χ4n) is 5.05. The number of hydrogen-bond donors (Lipinski definition) is 3. The summed E-state index contributed by atoms with van der Waals surface area (Å²) in [6.07, 6.45) is -1.01. The van der Waals surface area contributed by atoms with Gasteiger partial charge in [0.05, 0.1) is 30.3 Å². The van der Waals surface area contributed by atoms with Gasteiger partial charge < -0.3 is 30.4 Å². The minimum absolute atomic E-state index is 0.00125. The van der Waals surface area contributed by atoms with E-state index < -0.39 is 28.3 Å². The molecule has 2 fully saturated rings. The molecule has 0 bridgehead atoms. The molecule has 0 aromatic heterocycles. The average molecular weight is 562 g/mol. The zero-order chi connectivity index (χ0) is 28.0. The summed E-state index contributed by atoms with van der Waals surface area (Å²) in [5.41, 5.74) is 7.09. The van der Waals surface area contributed by atoms with Crippen molar-refractivity contribution in [1.82, 2.24) is 9.62 Å². The SMILES string of the molecule is CC(C)CN(C[C@@H](O)[C@H](Cc1ccccc1)NC(=O)O[C@H]1CCO[C@H]2OCC[C@H]21)S(=O)(=O)c1ccc(N)cc1. The number of fused-ring (bicyclic) bond motifs is 1. The van der Waals surface area contributed by atoms with Crippen molar-refractivity contribution in [3.63, 3.8) is 0 Å². The Morgan fingerprint density at radius 1 is 1.08 bits per heavy atom. The van der Waals surface area contributed by atoms with Crippen LogP contribution < -0.4 is 11.1 Å². The zero-order valence-corrected chi connectivity index (χ0v) is 23.3. The third-order valence-electron chi connectivity index (χ3n) is 7.05. The molecule has 2 heterocycles. The van der Waals surface area contributed by atoms with Crippen LogP contribution in [0.4, 0.5) is 10.5 Å². The van der Waals surface area contributed by atoms with Crippen molar-refractivity contribution in [3.05, 3.63) is 60.2 Å². The molecular formula is C28H39N3O7S. The Morgan fingerprint density at radius 2 is 1.74 bits per heavy atom. The van der Waals surface area contributed by atoms with Gasteiger partial charge in [0.25, 0.3) is 0 Å². The highest BCUT2D eigenvalue weighted by Gasteiger charge is 2.41. The predicted octanol–water partition coefficient (Wildman–Crippen LogP) is 2.77. The molecule has 0 unspecified atom stereocenters. The molecular weight excluding hydrogens is 522 g/mol. The van der Waals surface area contributed by atoms with Crippen LogP contribution in [-0.2, 0) is 30.7 Å². The van der Waals surface area contributed by atoms with Crippen LogP contribution in [-0.4, -0.2) is 74.8 Å². The number of sulfonamides is 1. The molecule has 214 valence electrons. The van der Waals surface area contributed by atoms with Crippen molar-refractivity contribution in [2.24, 2.45) is 11.8 Å². The number of nitrogen functional groups attached to an aromatic ring is 1. The lowest BCUT2D eigenvalue weighted by molar-refractivity contribution is -0.179. The number of rotatable bonds is 11. The topological polar surface area (TPSA) is 140 Å². The standard InChI is InChI=1S/C28H39N3O7S/c1-19(2)17-31(39(34,35)22-10-8-21(29)9-11-22)18-25(32)24(16-20-6-4-3-5-7-20)30-28(33)38-26-13-15-37-27-23(26)12-14-36-27/h3-11,19,23-27,32H,12-18,29H2,1-2H3,(H,30,33)/t23-,24-,25+,26-,27+/m0/s1. The fourth-order valence-corrected chi connectivity index (χ4v) is 6.67. The minimum Gasteiger partial charge on any atom is -0.446 e. The number of alkyl carbamates (subject to hydrolysis) is 1. The van der Waals surface area contributed by atoms with Crippen LogP contribution in [0.1, 0.15) is 32.3 Å². The number of anilines is 1. The lowest BCUT2D eigenvalue weighted by atomic mass is 9.95. The van der Waals surface area contributed by atoms with E-state index in [9.17, 15) is 18.3 Å². The smallest absolute Gasteiger partial charge is 0.407 e. The number of nitrogens with one attached hydrogen (secondary N) is 1. The normalized spacial score (nSPS) is 22.8. The Hall–Kier alpha value is -2.70. The number of nitrogens with two attached hydrogens (primary N) is 1. The molecule has 2 aliphatic rings. The van der Waals surface area contributed by atoms with Gasteiger partial charge in [-0.1, -0.05) is 44.2 Å². The largest absolute Gasteiger partial charge is 0.446 e. The summed E-state index contributed by atoms with van der Waals surface area (Å²) in [5, 5.41) is 14.2. The van der Waals surface area contributed by atoms with E-state index in [1.165, 1.54) is 28.6 Å². The molecule has 0 spiro atoms. The second-order valence-electron chi connectivity index (χ2n) is 10.6. The third-order valence-corrected chi connectivity index (χ3v) is 8.89. The lowest BCUT2D eigenvalue weighted by Gasteiger charge is -2.33. The number of ether oxygens (including phenoxy) is 3. The quantitative estimate of drug-likeness (QED) is 0.356. The van der Waals surface area contributed by atoms with Crippen LogP contribution in [0.5, 0.6) is 0 Å². The number of aliphatic hydroxyl groups is 1. The molecule has 11 heteroatoms.